The molecule has 0 N–H and O–H groups in total. The number of carbonyl (C=O) groups is 1. The minimum absolute atomic E-state index is 0.191. The summed E-state index contributed by atoms with van der Waals surface area (Å²) in [7, 11) is 0. The van der Waals surface area contributed by atoms with Gasteiger partial charge in [-0.3, -0.25) is 4.98 Å². The van der Waals surface area contributed by atoms with Crippen molar-refractivity contribution in [2.24, 2.45) is 0 Å². The maximum Gasteiger partial charge on any atom is 0.328 e. The lowest BCUT2D eigenvalue weighted by molar-refractivity contribution is -0.144. The largest absolute Gasteiger partial charge is 0.477 e. The van der Waals surface area contributed by atoms with Crippen molar-refractivity contribution in [2.45, 2.75) is 32.7 Å². The van der Waals surface area contributed by atoms with Gasteiger partial charge in [0.1, 0.15) is 6.04 Å². The molecule has 0 bridgehead atoms. The third-order valence-electron chi connectivity index (χ3n) is 3.00. The third-order valence-corrected chi connectivity index (χ3v) is 3.00. The van der Waals surface area contributed by atoms with E-state index in [0.29, 0.717) is 24.9 Å². The fraction of sp³-hybridized carbons (Fsp3) is 0.615. The molecule has 1 aromatic heterocycles. The van der Waals surface area contributed by atoms with E-state index in [1.54, 1.807) is 12.4 Å². The van der Waals surface area contributed by atoms with Gasteiger partial charge in [-0.2, -0.15) is 4.98 Å². The van der Waals surface area contributed by atoms with E-state index >= 15 is 0 Å². The van der Waals surface area contributed by atoms with Gasteiger partial charge in [-0.05, 0) is 26.7 Å². The summed E-state index contributed by atoms with van der Waals surface area (Å²) in [5.74, 6) is 0.958. The van der Waals surface area contributed by atoms with Gasteiger partial charge in [-0.1, -0.05) is 0 Å². The van der Waals surface area contributed by atoms with Crippen molar-refractivity contribution in [1.82, 2.24) is 9.97 Å². The average molecular weight is 265 g/mol. The molecule has 1 fully saturated rings. The lowest BCUT2D eigenvalue weighted by Crippen LogP contribution is -2.37. The molecule has 1 aromatic rings. The van der Waals surface area contributed by atoms with Crippen LogP contribution in [-0.2, 0) is 9.53 Å². The van der Waals surface area contributed by atoms with Crippen molar-refractivity contribution in [3.63, 3.8) is 0 Å². The number of anilines is 1. The molecule has 104 valence electrons. The topological polar surface area (TPSA) is 64.5 Å². The summed E-state index contributed by atoms with van der Waals surface area (Å²) in [6.07, 6.45) is 4.96. The second-order valence-electron chi connectivity index (χ2n) is 4.25. The predicted octanol–water partition coefficient (Wildman–Crippen LogP) is 1.41. The summed E-state index contributed by atoms with van der Waals surface area (Å²) in [4.78, 5) is 22.3. The fourth-order valence-electron chi connectivity index (χ4n) is 2.22. The van der Waals surface area contributed by atoms with Crippen molar-refractivity contribution in [3.8, 4) is 5.88 Å². The minimum Gasteiger partial charge on any atom is -0.477 e. The SMILES string of the molecule is CCOC(=O)C1CCCN1c1cncc(OCC)n1. The first-order valence-electron chi connectivity index (χ1n) is 6.64. The summed E-state index contributed by atoms with van der Waals surface area (Å²) < 4.78 is 10.4. The standard InChI is InChI=1S/C13H19N3O3/c1-3-18-12-9-14-8-11(15-12)16-7-5-6-10(16)13(17)19-4-2/h8-10H,3-7H2,1-2H3. The molecule has 0 aromatic carbocycles. The van der Waals surface area contributed by atoms with Crippen molar-refractivity contribution in [1.29, 1.82) is 0 Å². The van der Waals surface area contributed by atoms with Crippen molar-refractivity contribution in [3.05, 3.63) is 12.4 Å². The first-order chi connectivity index (χ1) is 9.26. The molecule has 0 radical (unpaired) electrons. The molecule has 1 atom stereocenters. The Kier molecular flexibility index (Phi) is 4.54. The maximum atomic E-state index is 11.9. The lowest BCUT2D eigenvalue weighted by atomic mass is 10.2. The molecule has 2 heterocycles. The first-order valence-corrected chi connectivity index (χ1v) is 6.64. The maximum absolute atomic E-state index is 11.9. The number of hydrogen-bond donors (Lipinski definition) is 0. The Bertz CT molecular complexity index is 439. The Morgan fingerprint density at radius 2 is 2.26 bits per heavy atom. The van der Waals surface area contributed by atoms with Crippen LogP contribution in [0, 0.1) is 0 Å². The van der Waals surface area contributed by atoms with E-state index in [2.05, 4.69) is 9.97 Å². The minimum atomic E-state index is -0.258. The Balaban J connectivity index is 2.15. The number of hydrogen-bond acceptors (Lipinski definition) is 6. The first kappa shape index (κ1) is 13.6. The summed E-state index contributed by atoms with van der Waals surface area (Å²) >= 11 is 0. The molecule has 1 aliphatic rings. The van der Waals surface area contributed by atoms with Crippen LogP contribution in [0.3, 0.4) is 0 Å². The van der Waals surface area contributed by atoms with Gasteiger partial charge in [0, 0.05) is 6.54 Å². The number of nitrogens with zero attached hydrogens (tertiary/aromatic N) is 3. The Morgan fingerprint density at radius 1 is 1.42 bits per heavy atom. The second kappa shape index (κ2) is 6.36. The van der Waals surface area contributed by atoms with Gasteiger partial charge in [0.05, 0.1) is 25.6 Å². The zero-order valence-electron chi connectivity index (χ0n) is 11.3. The highest BCUT2D eigenvalue weighted by atomic mass is 16.5. The zero-order valence-corrected chi connectivity index (χ0v) is 11.3. The normalized spacial score (nSPS) is 18.4. The summed E-state index contributed by atoms with van der Waals surface area (Å²) in [5, 5.41) is 0. The summed E-state index contributed by atoms with van der Waals surface area (Å²) in [6, 6.07) is -0.258. The fourth-order valence-corrected chi connectivity index (χ4v) is 2.22. The average Bonchev–Trinajstić information content (AvgIpc) is 2.89. The van der Waals surface area contributed by atoms with E-state index in [0.717, 1.165) is 19.4 Å². The molecule has 19 heavy (non-hydrogen) atoms. The number of rotatable bonds is 5. The number of carbonyl (C=O) groups excluding carboxylic acids is 1. The molecule has 0 spiro atoms. The molecular formula is C13H19N3O3. The molecule has 6 nitrogen and oxygen atoms in total. The zero-order chi connectivity index (χ0) is 13.7. The second-order valence-corrected chi connectivity index (χ2v) is 4.25. The van der Waals surface area contributed by atoms with Crippen LogP contribution in [0.4, 0.5) is 5.82 Å². The smallest absolute Gasteiger partial charge is 0.328 e. The highest BCUT2D eigenvalue weighted by Crippen LogP contribution is 2.25. The van der Waals surface area contributed by atoms with Crippen molar-refractivity contribution >= 4 is 11.8 Å². The van der Waals surface area contributed by atoms with Gasteiger partial charge in [0.15, 0.2) is 5.82 Å². The number of aromatic nitrogens is 2. The Morgan fingerprint density at radius 3 is 3.00 bits per heavy atom. The van der Waals surface area contributed by atoms with Crippen LogP contribution in [-0.4, -0.2) is 41.7 Å². The van der Waals surface area contributed by atoms with Crippen LogP contribution < -0.4 is 9.64 Å². The van der Waals surface area contributed by atoms with Crippen LogP contribution in [0.1, 0.15) is 26.7 Å². The Labute approximate surface area is 112 Å². The van der Waals surface area contributed by atoms with Gasteiger partial charge in [0.25, 0.3) is 0 Å². The summed E-state index contributed by atoms with van der Waals surface area (Å²) in [5.41, 5.74) is 0. The van der Waals surface area contributed by atoms with Crippen molar-refractivity contribution in [2.75, 3.05) is 24.7 Å². The molecule has 1 aliphatic heterocycles. The van der Waals surface area contributed by atoms with E-state index in [1.165, 1.54) is 0 Å². The molecular weight excluding hydrogens is 246 g/mol. The van der Waals surface area contributed by atoms with Gasteiger partial charge >= 0.3 is 5.97 Å². The quantitative estimate of drug-likeness (QED) is 0.750. The van der Waals surface area contributed by atoms with E-state index < -0.39 is 0 Å². The third kappa shape index (κ3) is 3.13. The molecule has 0 aliphatic carbocycles. The van der Waals surface area contributed by atoms with Crippen molar-refractivity contribution < 1.29 is 14.3 Å². The molecule has 0 amide bonds. The van der Waals surface area contributed by atoms with Gasteiger partial charge in [0.2, 0.25) is 5.88 Å². The molecule has 1 saturated heterocycles. The molecule has 0 saturated carbocycles. The molecule has 1 unspecified atom stereocenters. The lowest BCUT2D eigenvalue weighted by Gasteiger charge is -2.23. The van der Waals surface area contributed by atoms with E-state index in [9.17, 15) is 4.79 Å². The molecule has 2 rings (SSSR count). The highest BCUT2D eigenvalue weighted by Gasteiger charge is 2.33. The van der Waals surface area contributed by atoms with E-state index in [-0.39, 0.29) is 12.0 Å². The van der Waals surface area contributed by atoms with Crippen LogP contribution >= 0.6 is 0 Å². The van der Waals surface area contributed by atoms with Gasteiger partial charge in [-0.25, -0.2) is 4.79 Å². The molecule has 6 heteroatoms. The van der Waals surface area contributed by atoms with Crippen LogP contribution in [0.15, 0.2) is 12.4 Å². The van der Waals surface area contributed by atoms with Gasteiger partial charge in [-0.15, -0.1) is 0 Å². The Hall–Kier alpha value is -1.85. The van der Waals surface area contributed by atoms with Crippen LogP contribution in [0.25, 0.3) is 0 Å². The number of esters is 1. The van der Waals surface area contributed by atoms with E-state index in [4.69, 9.17) is 9.47 Å². The highest BCUT2D eigenvalue weighted by molar-refractivity contribution is 5.80. The van der Waals surface area contributed by atoms with Gasteiger partial charge < -0.3 is 14.4 Å². The van der Waals surface area contributed by atoms with Crippen LogP contribution in [0.2, 0.25) is 0 Å². The monoisotopic (exact) mass is 265 g/mol. The van der Waals surface area contributed by atoms with E-state index in [1.807, 2.05) is 18.7 Å². The number of ether oxygens (including phenoxy) is 2. The predicted molar refractivity (Wildman–Crippen MR) is 70.2 cm³/mol. The summed E-state index contributed by atoms with van der Waals surface area (Å²) in [6.45, 7) is 5.43. The van der Waals surface area contributed by atoms with Crippen LogP contribution in [0.5, 0.6) is 5.88 Å².